The first-order valence-electron chi connectivity index (χ1n) is 6.41. The van der Waals surface area contributed by atoms with Gasteiger partial charge >= 0.3 is 0 Å². The Morgan fingerprint density at radius 2 is 2.22 bits per heavy atom. The van der Waals surface area contributed by atoms with Crippen LogP contribution in [0, 0.1) is 5.92 Å². The average Bonchev–Trinajstić information content (AvgIpc) is 2.78. The van der Waals surface area contributed by atoms with Gasteiger partial charge in [-0.2, -0.15) is 0 Å². The Morgan fingerprint density at radius 1 is 1.44 bits per heavy atom. The summed E-state index contributed by atoms with van der Waals surface area (Å²) in [5.74, 6) is 0.531. The van der Waals surface area contributed by atoms with E-state index < -0.39 is 6.43 Å². The molecule has 1 saturated heterocycles. The monoisotopic (exact) mass is 254 g/mol. The Balaban J connectivity index is 1.96. The zero-order chi connectivity index (χ0) is 13.1. The van der Waals surface area contributed by atoms with Crippen LogP contribution in [-0.2, 0) is 6.54 Å². The highest BCUT2D eigenvalue weighted by atomic mass is 19.3. The van der Waals surface area contributed by atoms with E-state index in [4.69, 9.17) is 5.73 Å². The molecular weight excluding hydrogens is 234 g/mol. The summed E-state index contributed by atoms with van der Waals surface area (Å²) in [6.07, 6.45) is -1.29. The molecule has 1 aliphatic rings. The molecule has 1 aromatic carbocycles. The van der Waals surface area contributed by atoms with E-state index in [2.05, 4.69) is 4.90 Å². The Hall–Kier alpha value is -1.00. The molecule has 18 heavy (non-hydrogen) atoms. The maximum atomic E-state index is 12.6. The number of alkyl halides is 2. The number of nitrogens with zero attached hydrogens (tertiary/aromatic N) is 1. The smallest absolute Gasteiger partial charge is 0.263 e. The summed E-state index contributed by atoms with van der Waals surface area (Å²) in [4.78, 5) is 2.29. The molecule has 0 aliphatic carbocycles. The molecule has 2 atom stereocenters. The third-order valence-corrected chi connectivity index (χ3v) is 3.66. The maximum absolute atomic E-state index is 12.6. The van der Waals surface area contributed by atoms with Crippen LogP contribution in [-0.4, -0.2) is 24.0 Å². The quantitative estimate of drug-likeness (QED) is 0.895. The Morgan fingerprint density at radius 3 is 2.83 bits per heavy atom. The molecule has 0 saturated carbocycles. The van der Waals surface area contributed by atoms with E-state index in [1.165, 1.54) is 6.07 Å². The van der Waals surface area contributed by atoms with E-state index >= 15 is 0 Å². The van der Waals surface area contributed by atoms with Crippen molar-refractivity contribution in [3.05, 3.63) is 35.4 Å². The van der Waals surface area contributed by atoms with Crippen molar-refractivity contribution in [2.24, 2.45) is 11.7 Å². The van der Waals surface area contributed by atoms with Gasteiger partial charge in [-0.3, -0.25) is 4.90 Å². The predicted molar refractivity (Wildman–Crippen MR) is 68.4 cm³/mol. The number of likely N-dealkylation sites (tertiary alicyclic amines) is 1. The fourth-order valence-corrected chi connectivity index (χ4v) is 2.52. The van der Waals surface area contributed by atoms with E-state index in [9.17, 15) is 8.78 Å². The molecule has 1 fully saturated rings. The normalized spacial score (nSPS) is 22.6. The van der Waals surface area contributed by atoms with Crippen molar-refractivity contribution in [2.45, 2.75) is 32.4 Å². The summed E-state index contributed by atoms with van der Waals surface area (Å²) in [5.41, 5.74) is 6.95. The van der Waals surface area contributed by atoms with Gasteiger partial charge in [0.2, 0.25) is 0 Å². The van der Waals surface area contributed by atoms with Crippen LogP contribution in [0.2, 0.25) is 0 Å². The lowest BCUT2D eigenvalue weighted by Gasteiger charge is -2.18. The molecule has 2 unspecified atom stereocenters. The van der Waals surface area contributed by atoms with Crippen molar-refractivity contribution in [3.63, 3.8) is 0 Å². The second-order valence-electron chi connectivity index (χ2n) is 5.19. The van der Waals surface area contributed by atoms with Crippen molar-refractivity contribution in [1.29, 1.82) is 0 Å². The largest absolute Gasteiger partial charge is 0.328 e. The van der Waals surface area contributed by atoms with E-state index in [0.717, 1.165) is 31.6 Å². The molecule has 1 aromatic rings. The van der Waals surface area contributed by atoms with Gasteiger partial charge in [0.25, 0.3) is 6.43 Å². The van der Waals surface area contributed by atoms with Gasteiger partial charge in [-0.05, 0) is 37.4 Å². The van der Waals surface area contributed by atoms with Crippen LogP contribution in [0.4, 0.5) is 8.78 Å². The molecule has 0 spiro atoms. The van der Waals surface area contributed by atoms with Gasteiger partial charge in [0.1, 0.15) is 0 Å². The molecule has 1 heterocycles. The second-order valence-corrected chi connectivity index (χ2v) is 5.19. The van der Waals surface area contributed by atoms with Gasteiger partial charge < -0.3 is 5.73 Å². The van der Waals surface area contributed by atoms with Gasteiger partial charge in [-0.1, -0.05) is 18.2 Å². The number of hydrogen-bond acceptors (Lipinski definition) is 2. The summed E-state index contributed by atoms with van der Waals surface area (Å²) in [7, 11) is 0. The fraction of sp³-hybridized carbons (Fsp3) is 0.571. The van der Waals surface area contributed by atoms with Gasteiger partial charge in [0.15, 0.2) is 0 Å². The Bertz CT molecular complexity index is 393. The van der Waals surface area contributed by atoms with Gasteiger partial charge in [-0.15, -0.1) is 0 Å². The number of hydrogen-bond donors (Lipinski definition) is 1. The molecule has 2 N–H and O–H groups in total. The highest BCUT2D eigenvalue weighted by Crippen LogP contribution is 2.23. The molecule has 2 rings (SSSR count). The lowest BCUT2D eigenvalue weighted by atomic mass is 10.0. The van der Waals surface area contributed by atoms with E-state index in [0.29, 0.717) is 5.92 Å². The van der Waals surface area contributed by atoms with Crippen molar-refractivity contribution in [1.82, 2.24) is 4.90 Å². The third-order valence-electron chi connectivity index (χ3n) is 3.66. The topological polar surface area (TPSA) is 29.3 Å². The number of halogens is 2. The zero-order valence-corrected chi connectivity index (χ0v) is 10.7. The van der Waals surface area contributed by atoms with E-state index in [1.54, 1.807) is 12.1 Å². The predicted octanol–water partition coefficient (Wildman–Crippen LogP) is 2.79. The minimum absolute atomic E-state index is 0.107. The number of rotatable bonds is 4. The number of nitrogens with two attached hydrogens (primary N) is 1. The van der Waals surface area contributed by atoms with Crippen molar-refractivity contribution in [2.75, 3.05) is 13.1 Å². The van der Waals surface area contributed by atoms with Gasteiger partial charge in [-0.25, -0.2) is 8.78 Å². The van der Waals surface area contributed by atoms with Crippen LogP contribution >= 0.6 is 0 Å². The highest BCUT2D eigenvalue weighted by molar-refractivity contribution is 5.24. The SMILES string of the molecule is CC(N)C1CCN(Cc2cccc(C(F)F)c2)C1. The third kappa shape index (κ3) is 3.27. The first-order valence-corrected chi connectivity index (χ1v) is 6.41. The van der Waals surface area contributed by atoms with Crippen molar-refractivity contribution >= 4 is 0 Å². The minimum atomic E-state index is -2.39. The maximum Gasteiger partial charge on any atom is 0.263 e. The molecule has 0 aromatic heterocycles. The summed E-state index contributed by atoms with van der Waals surface area (Å²) in [6, 6.07) is 6.90. The van der Waals surface area contributed by atoms with Crippen LogP contribution in [0.15, 0.2) is 24.3 Å². The second kappa shape index (κ2) is 5.76. The summed E-state index contributed by atoms with van der Waals surface area (Å²) in [5, 5.41) is 0. The van der Waals surface area contributed by atoms with Crippen LogP contribution in [0.1, 0.15) is 30.9 Å². The molecule has 0 radical (unpaired) electrons. The number of benzene rings is 1. The molecule has 4 heteroatoms. The molecule has 0 bridgehead atoms. The van der Waals surface area contributed by atoms with Gasteiger partial charge in [0.05, 0.1) is 0 Å². The Kier molecular flexibility index (Phi) is 4.30. The average molecular weight is 254 g/mol. The fourth-order valence-electron chi connectivity index (χ4n) is 2.52. The molecule has 0 amide bonds. The van der Waals surface area contributed by atoms with E-state index in [1.807, 2.05) is 13.0 Å². The molecule has 2 nitrogen and oxygen atoms in total. The van der Waals surface area contributed by atoms with Crippen molar-refractivity contribution in [3.8, 4) is 0 Å². The van der Waals surface area contributed by atoms with Crippen LogP contribution in [0.5, 0.6) is 0 Å². The first-order chi connectivity index (χ1) is 8.56. The van der Waals surface area contributed by atoms with Crippen LogP contribution in [0.25, 0.3) is 0 Å². The Labute approximate surface area is 107 Å². The van der Waals surface area contributed by atoms with E-state index in [-0.39, 0.29) is 11.6 Å². The standard InChI is InChI=1S/C14H20F2N2/c1-10(17)13-5-6-18(9-13)8-11-3-2-4-12(7-11)14(15)16/h2-4,7,10,13-14H,5-6,8-9,17H2,1H3. The summed E-state index contributed by atoms with van der Waals surface area (Å²) in [6.45, 7) is 4.75. The van der Waals surface area contributed by atoms with Crippen molar-refractivity contribution < 1.29 is 8.78 Å². The molecule has 1 aliphatic heterocycles. The molecule has 100 valence electrons. The zero-order valence-electron chi connectivity index (χ0n) is 10.7. The first kappa shape index (κ1) is 13.4. The lowest BCUT2D eigenvalue weighted by molar-refractivity contribution is 0.151. The molecular formula is C14H20F2N2. The minimum Gasteiger partial charge on any atom is -0.328 e. The van der Waals surface area contributed by atoms with Crippen LogP contribution in [0.3, 0.4) is 0 Å². The summed E-state index contributed by atoms with van der Waals surface area (Å²) >= 11 is 0. The van der Waals surface area contributed by atoms with Crippen LogP contribution < -0.4 is 5.73 Å². The van der Waals surface area contributed by atoms with Gasteiger partial charge in [0, 0.05) is 24.7 Å². The summed E-state index contributed by atoms with van der Waals surface area (Å²) < 4.78 is 25.2. The highest BCUT2D eigenvalue weighted by Gasteiger charge is 2.25. The lowest BCUT2D eigenvalue weighted by Crippen LogP contribution is -2.29.